The lowest BCUT2D eigenvalue weighted by Crippen LogP contribution is -2.69. The van der Waals surface area contributed by atoms with Gasteiger partial charge in [0, 0.05) is 50.6 Å². The van der Waals surface area contributed by atoms with Gasteiger partial charge in [-0.1, -0.05) is 6.92 Å². The predicted octanol–water partition coefficient (Wildman–Crippen LogP) is 1.16. The molecule has 2 aliphatic heterocycles. The van der Waals surface area contributed by atoms with Gasteiger partial charge in [0.1, 0.15) is 5.41 Å². The summed E-state index contributed by atoms with van der Waals surface area (Å²) in [4.78, 5) is 17.4. The Morgan fingerprint density at radius 1 is 1.27 bits per heavy atom. The molecule has 2 saturated heterocycles. The molecule has 4 rings (SSSR count). The Bertz CT molecular complexity index is 657. The highest BCUT2D eigenvalue weighted by atomic mass is 35.5. The van der Waals surface area contributed by atoms with E-state index in [0.29, 0.717) is 31.2 Å². The number of hydrogen-bond acceptors (Lipinski definition) is 6. The van der Waals surface area contributed by atoms with E-state index in [1.165, 1.54) is 12.8 Å². The first-order valence-corrected chi connectivity index (χ1v) is 12.1. The average molecular weight is 437 g/mol. The summed E-state index contributed by atoms with van der Waals surface area (Å²) >= 11 is 6.61. The van der Waals surface area contributed by atoms with Gasteiger partial charge in [0.15, 0.2) is 0 Å². The van der Waals surface area contributed by atoms with E-state index in [4.69, 9.17) is 11.6 Å². The fourth-order valence-electron chi connectivity index (χ4n) is 5.27. The molecule has 8 heteroatoms. The number of piperazine rings is 1. The molecule has 3 N–H and O–H groups in total. The molecule has 1 amide bonds. The molecule has 0 aromatic heterocycles. The highest BCUT2D eigenvalue weighted by molar-refractivity contribution is 6.20. The van der Waals surface area contributed by atoms with E-state index in [0.717, 1.165) is 39.1 Å². The van der Waals surface area contributed by atoms with Gasteiger partial charge in [0.2, 0.25) is 5.91 Å². The number of likely N-dealkylation sites (N-methyl/N-ethyl adjacent to an activating group) is 1. The second-order valence-electron chi connectivity index (χ2n) is 10.1. The molecule has 4 aliphatic rings. The summed E-state index contributed by atoms with van der Waals surface area (Å²) in [5.41, 5.74) is -0.754. The van der Waals surface area contributed by atoms with Crippen LogP contribution in [-0.4, -0.2) is 79.7 Å². The molecule has 0 radical (unpaired) electrons. The Kier molecular flexibility index (Phi) is 6.91. The van der Waals surface area contributed by atoms with Gasteiger partial charge >= 0.3 is 0 Å². The zero-order chi connectivity index (χ0) is 21.3. The molecule has 30 heavy (non-hydrogen) atoms. The molecule has 2 aliphatic carbocycles. The number of nitriles is 1. The summed E-state index contributed by atoms with van der Waals surface area (Å²) in [7, 11) is 2.18. The van der Waals surface area contributed by atoms with E-state index >= 15 is 0 Å². The maximum absolute atomic E-state index is 12.5. The second-order valence-corrected chi connectivity index (χ2v) is 10.6. The molecule has 4 fully saturated rings. The topological polar surface area (TPSA) is 83.4 Å². The van der Waals surface area contributed by atoms with Crippen molar-refractivity contribution in [1.82, 2.24) is 25.8 Å². The lowest BCUT2D eigenvalue weighted by atomic mass is 9.80. The monoisotopic (exact) mass is 436 g/mol. The van der Waals surface area contributed by atoms with E-state index in [9.17, 15) is 10.1 Å². The molecule has 0 bridgehead atoms. The van der Waals surface area contributed by atoms with Crippen LogP contribution in [-0.2, 0) is 4.79 Å². The molecular formula is C22H37ClN6O. The van der Waals surface area contributed by atoms with Crippen LogP contribution in [0.25, 0.3) is 0 Å². The van der Waals surface area contributed by atoms with Gasteiger partial charge in [-0.15, -0.1) is 11.6 Å². The maximum atomic E-state index is 12.5. The summed E-state index contributed by atoms with van der Waals surface area (Å²) in [5, 5.41) is 20.3. The number of alkyl halides is 1. The number of nitrogens with zero attached hydrogens (tertiary/aromatic N) is 3. The van der Waals surface area contributed by atoms with Crippen molar-refractivity contribution < 1.29 is 4.79 Å². The lowest BCUT2D eigenvalue weighted by Gasteiger charge is -2.49. The van der Waals surface area contributed by atoms with Gasteiger partial charge in [-0.2, -0.15) is 5.26 Å². The third-order valence-electron chi connectivity index (χ3n) is 7.86. The number of nitrogens with one attached hydrogen (secondary N) is 3. The van der Waals surface area contributed by atoms with Crippen molar-refractivity contribution in [3.05, 3.63) is 0 Å². The summed E-state index contributed by atoms with van der Waals surface area (Å²) < 4.78 is 0. The fraction of sp³-hybridized carbons (Fsp3) is 0.909. The van der Waals surface area contributed by atoms with Gasteiger partial charge in [0.25, 0.3) is 0 Å². The molecule has 7 nitrogen and oxygen atoms in total. The predicted molar refractivity (Wildman–Crippen MR) is 118 cm³/mol. The van der Waals surface area contributed by atoms with Crippen LogP contribution in [0.1, 0.15) is 39.0 Å². The normalized spacial score (nSPS) is 39.8. The molecule has 0 spiro atoms. The minimum Gasteiger partial charge on any atom is -0.354 e. The molecular weight excluding hydrogens is 400 g/mol. The summed E-state index contributed by atoms with van der Waals surface area (Å²) in [6.45, 7) is 7.93. The van der Waals surface area contributed by atoms with E-state index in [2.05, 4.69) is 45.8 Å². The third kappa shape index (κ3) is 4.78. The van der Waals surface area contributed by atoms with Crippen LogP contribution in [0.4, 0.5) is 0 Å². The van der Waals surface area contributed by atoms with Crippen LogP contribution in [0, 0.1) is 34.5 Å². The van der Waals surface area contributed by atoms with Crippen LogP contribution in [0.2, 0.25) is 0 Å². The summed E-state index contributed by atoms with van der Waals surface area (Å²) in [6, 6.07) is 2.21. The average Bonchev–Trinajstić information content (AvgIpc) is 3.56. The van der Waals surface area contributed by atoms with Crippen molar-refractivity contribution in [3.63, 3.8) is 0 Å². The first kappa shape index (κ1) is 22.3. The zero-order valence-corrected chi connectivity index (χ0v) is 19.1. The Hall–Kier alpha value is -0.910. The van der Waals surface area contributed by atoms with Gasteiger partial charge in [-0.05, 0) is 51.0 Å². The Morgan fingerprint density at radius 3 is 2.63 bits per heavy atom. The first-order chi connectivity index (χ1) is 14.4. The molecule has 2 heterocycles. The van der Waals surface area contributed by atoms with Gasteiger partial charge in [-0.3, -0.25) is 15.0 Å². The van der Waals surface area contributed by atoms with Gasteiger partial charge < -0.3 is 15.5 Å². The summed E-state index contributed by atoms with van der Waals surface area (Å²) in [6.07, 6.45) is 5.33. The maximum Gasteiger partial charge on any atom is 0.240 e. The zero-order valence-electron chi connectivity index (χ0n) is 18.4. The molecule has 2 saturated carbocycles. The minimum atomic E-state index is -0.754. The van der Waals surface area contributed by atoms with Crippen molar-refractivity contribution in [3.8, 4) is 6.07 Å². The largest absolute Gasteiger partial charge is 0.354 e. The van der Waals surface area contributed by atoms with Crippen LogP contribution in [0.5, 0.6) is 0 Å². The number of amides is 1. The number of halogens is 1. The van der Waals surface area contributed by atoms with Crippen LogP contribution < -0.4 is 16.0 Å². The molecule has 168 valence electrons. The van der Waals surface area contributed by atoms with E-state index in [1.54, 1.807) is 0 Å². The van der Waals surface area contributed by atoms with Crippen LogP contribution in [0.3, 0.4) is 0 Å². The molecule has 0 aromatic rings. The van der Waals surface area contributed by atoms with Crippen molar-refractivity contribution >= 4 is 17.5 Å². The Morgan fingerprint density at radius 2 is 2.00 bits per heavy atom. The smallest absolute Gasteiger partial charge is 0.240 e. The van der Waals surface area contributed by atoms with Crippen molar-refractivity contribution in [2.75, 3.05) is 46.3 Å². The van der Waals surface area contributed by atoms with Crippen molar-refractivity contribution in [1.29, 1.82) is 5.26 Å². The SMILES string of the molecule is CC1CCC(C2NCC(CNC(=O)C3(C#N)CC3)C(N3CCN(C)CC3)N2)CC1Cl. The van der Waals surface area contributed by atoms with Gasteiger partial charge in [0.05, 0.1) is 18.4 Å². The highest BCUT2D eigenvalue weighted by Crippen LogP contribution is 2.45. The molecule has 6 atom stereocenters. The number of hydrogen-bond donors (Lipinski definition) is 3. The van der Waals surface area contributed by atoms with Crippen LogP contribution in [0.15, 0.2) is 0 Å². The fourth-order valence-corrected chi connectivity index (χ4v) is 5.62. The van der Waals surface area contributed by atoms with E-state index in [-0.39, 0.29) is 29.5 Å². The van der Waals surface area contributed by atoms with Crippen molar-refractivity contribution in [2.45, 2.75) is 56.7 Å². The third-order valence-corrected chi connectivity index (χ3v) is 8.47. The minimum absolute atomic E-state index is 0.0875. The highest BCUT2D eigenvalue weighted by Gasteiger charge is 2.51. The van der Waals surface area contributed by atoms with Crippen molar-refractivity contribution in [2.24, 2.45) is 23.2 Å². The molecule has 0 aromatic carbocycles. The van der Waals surface area contributed by atoms with Gasteiger partial charge in [-0.25, -0.2) is 0 Å². The first-order valence-electron chi connectivity index (χ1n) is 11.7. The Labute approximate surface area is 185 Å². The van der Waals surface area contributed by atoms with E-state index < -0.39 is 5.41 Å². The van der Waals surface area contributed by atoms with Crippen LogP contribution >= 0.6 is 11.6 Å². The second kappa shape index (κ2) is 9.30. The van der Waals surface area contributed by atoms with E-state index in [1.807, 2.05) is 0 Å². The number of carbonyl (C=O) groups excluding carboxylic acids is 1. The standard InChI is InChI=1S/C22H37ClN6O/c1-15-3-4-16(11-18(15)23)19-25-12-17(13-26-21(30)22(14-24)5-6-22)20(27-19)29-9-7-28(2)8-10-29/h15-20,25,27H,3-13H2,1-2H3,(H,26,30). The number of rotatable bonds is 5. The summed E-state index contributed by atoms with van der Waals surface area (Å²) in [5.74, 6) is 1.33. The lowest BCUT2D eigenvalue weighted by molar-refractivity contribution is -0.124. The Balaban J connectivity index is 1.39. The quantitative estimate of drug-likeness (QED) is 0.561. The molecule has 6 unspecified atom stereocenters. The number of carbonyl (C=O) groups is 1.